The molecule has 4 heterocycles. The first-order chi connectivity index (χ1) is 18.0. The van der Waals surface area contributed by atoms with Crippen molar-refractivity contribution in [2.75, 3.05) is 33.0 Å². The van der Waals surface area contributed by atoms with Crippen molar-refractivity contribution in [2.24, 2.45) is 11.7 Å². The van der Waals surface area contributed by atoms with Crippen molar-refractivity contribution in [2.45, 2.75) is 44.0 Å². The first-order valence-electron chi connectivity index (χ1n) is 12.1. The zero-order valence-corrected chi connectivity index (χ0v) is 20.5. The van der Waals surface area contributed by atoms with Gasteiger partial charge >= 0.3 is 12.4 Å². The average Bonchev–Trinajstić information content (AvgIpc) is 2.91. The summed E-state index contributed by atoms with van der Waals surface area (Å²) in [4.78, 5) is 6.87. The van der Waals surface area contributed by atoms with Crippen LogP contribution in [-0.4, -0.2) is 42.9 Å². The molecule has 2 fully saturated rings. The van der Waals surface area contributed by atoms with E-state index in [-0.39, 0.29) is 5.92 Å². The van der Waals surface area contributed by atoms with Crippen molar-refractivity contribution < 1.29 is 35.8 Å². The van der Waals surface area contributed by atoms with E-state index in [9.17, 15) is 26.3 Å². The minimum absolute atomic E-state index is 0.0543. The minimum Gasteiger partial charge on any atom is -0.381 e. The number of ether oxygens (including phenoxy) is 2. The van der Waals surface area contributed by atoms with E-state index in [0.717, 1.165) is 42.3 Å². The van der Waals surface area contributed by atoms with Gasteiger partial charge in [-0.1, -0.05) is 6.07 Å². The van der Waals surface area contributed by atoms with E-state index >= 15 is 0 Å². The quantitative estimate of drug-likeness (QED) is 0.390. The molecular weight excluding hydrogens is 514 g/mol. The highest BCUT2D eigenvalue weighted by atomic mass is 19.4. The van der Waals surface area contributed by atoms with Crippen molar-refractivity contribution in [3.05, 3.63) is 64.7 Å². The van der Waals surface area contributed by atoms with E-state index < -0.39 is 23.7 Å². The molecule has 2 N–H and O–H groups in total. The average molecular weight is 543 g/mol. The molecule has 12 heteroatoms. The third-order valence-corrected chi connectivity index (χ3v) is 6.50. The second-order valence-electron chi connectivity index (χ2n) is 8.90. The fourth-order valence-corrected chi connectivity index (χ4v) is 4.44. The van der Waals surface area contributed by atoms with E-state index in [1.54, 1.807) is 0 Å². The topological polar surface area (TPSA) is 94.0 Å². The zero-order chi connectivity index (χ0) is 27.8. The van der Waals surface area contributed by atoms with Crippen LogP contribution in [0.4, 0.5) is 26.3 Å². The summed E-state index contributed by atoms with van der Waals surface area (Å²) in [6.07, 6.45) is -3.41. The van der Waals surface area contributed by atoms with Crippen LogP contribution in [0.3, 0.4) is 0 Å². The minimum atomic E-state index is -4.46. The molecule has 2 aromatic rings. The Balaban J connectivity index is 0.000000211. The van der Waals surface area contributed by atoms with Crippen LogP contribution in [0.5, 0.6) is 0 Å². The molecule has 0 aromatic carbocycles. The van der Waals surface area contributed by atoms with E-state index in [0.29, 0.717) is 62.9 Å². The summed E-state index contributed by atoms with van der Waals surface area (Å²) in [7, 11) is 0. The van der Waals surface area contributed by atoms with Crippen LogP contribution in [0.25, 0.3) is 5.57 Å². The summed E-state index contributed by atoms with van der Waals surface area (Å²) in [5, 5.41) is 9.16. The molecule has 0 spiro atoms. The lowest BCUT2D eigenvalue weighted by molar-refractivity contribution is -0.142. The van der Waals surface area contributed by atoms with Gasteiger partial charge in [0, 0.05) is 37.1 Å². The Bertz CT molecular complexity index is 1100. The van der Waals surface area contributed by atoms with Gasteiger partial charge < -0.3 is 15.2 Å². The second kappa shape index (κ2) is 13.2. The third kappa shape index (κ3) is 7.99. The molecule has 2 saturated heterocycles. The molecule has 1 unspecified atom stereocenters. The predicted octanol–water partition coefficient (Wildman–Crippen LogP) is 5.76. The van der Waals surface area contributed by atoms with Gasteiger partial charge in [0.25, 0.3) is 0 Å². The van der Waals surface area contributed by atoms with Crippen LogP contribution in [0.1, 0.15) is 54.1 Å². The van der Waals surface area contributed by atoms with E-state index in [2.05, 4.69) is 9.97 Å². The maximum Gasteiger partial charge on any atom is 0.433 e. The summed E-state index contributed by atoms with van der Waals surface area (Å²) in [5.74, 6) is 0.413. The number of rotatable bonds is 4. The maximum absolute atomic E-state index is 12.5. The van der Waals surface area contributed by atoms with E-state index in [1.165, 1.54) is 18.3 Å². The number of nitriles is 1. The van der Waals surface area contributed by atoms with Crippen LogP contribution >= 0.6 is 0 Å². The largest absolute Gasteiger partial charge is 0.433 e. The van der Waals surface area contributed by atoms with Gasteiger partial charge in [0.05, 0.1) is 24.9 Å². The summed E-state index contributed by atoms with van der Waals surface area (Å²) in [6, 6.07) is 6.75. The fraction of sp³-hybridized carbons (Fsp3) is 0.500. The molecule has 0 bridgehead atoms. The number of halogens is 6. The molecule has 0 radical (unpaired) electrons. The standard InChI is InChI=1S/C13H17F3N2O.C13H11F3N2O/c2*14-13(15,16)12-2-1-10(8-18-12)11(7-17)9-3-5-19-6-4-9/h1-2,8-9,11H,3-7,17H2;1-2,8H,3-6H2. The number of alkyl halides is 6. The Morgan fingerprint density at radius 1 is 0.895 bits per heavy atom. The lowest BCUT2D eigenvalue weighted by Gasteiger charge is -2.29. The van der Waals surface area contributed by atoms with E-state index in [4.69, 9.17) is 20.5 Å². The number of hydrogen-bond acceptors (Lipinski definition) is 6. The molecule has 4 rings (SSSR count). The molecule has 2 aliphatic rings. The zero-order valence-electron chi connectivity index (χ0n) is 20.5. The Labute approximate surface area is 216 Å². The summed E-state index contributed by atoms with van der Waals surface area (Å²) < 4.78 is 85.0. The lowest BCUT2D eigenvalue weighted by atomic mass is 9.82. The molecule has 2 aromatic heterocycles. The Morgan fingerprint density at radius 2 is 1.45 bits per heavy atom. The van der Waals surface area contributed by atoms with Crippen molar-refractivity contribution in [1.29, 1.82) is 5.26 Å². The molecule has 1 atom stereocenters. The highest BCUT2D eigenvalue weighted by Crippen LogP contribution is 2.33. The number of hydrogen-bond donors (Lipinski definition) is 1. The van der Waals surface area contributed by atoms with Crippen molar-refractivity contribution in [3.63, 3.8) is 0 Å². The third-order valence-electron chi connectivity index (χ3n) is 6.50. The molecule has 206 valence electrons. The van der Waals surface area contributed by atoms with Crippen LogP contribution in [0.15, 0.2) is 42.2 Å². The SMILES string of the molecule is N#CC(=C1CCOCC1)c1ccc(C(F)(F)F)nc1.NCC(c1ccc(C(F)(F)F)nc1)C1CCOCC1. The van der Waals surface area contributed by atoms with Gasteiger partial charge in [-0.25, -0.2) is 0 Å². The maximum atomic E-state index is 12.5. The first-order valence-corrected chi connectivity index (χ1v) is 12.1. The van der Waals surface area contributed by atoms with Crippen LogP contribution in [0, 0.1) is 17.2 Å². The molecular formula is C26H28F6N4O2. The summed E-state index contributed by atoms with van der Waals surface area (Å²) >= 11 is 0. The summed E-state index contributed by atoms with van der Waals surface area (Å²) in [5.41, 5.74) is 6.48. The molecule has 6 nitrogen and oxygen atoms in total. The fourth-order valence-electron chi connectivity index (χ4n) is 4.44. The van der Waals surface area contributed by atoms with Crippen molar-refractivity contribution >= 4 is 5.57 Å². The molecule has 0 amide bonds. The lowest BCUT2D eigenvalue weighted by Crippen LogP contribution is -2.27. The molecule has 0 saturated carbocycles. The number of aromatic nitrogens is 2. The van der Waals surface area contributed by atoms with Crippen LogP contribution < -0.4 is 5.73 Å². The van der Waals surface area contributed by atoms with Gasteiger partial charge in [-0.05, 0) is 67.5 Å². The number of nitrogens with zero attached hydrogens (tertiary/aromatic N) is 3. The molecule has 2 aliphatic heterocycles. The van der Waals surface area contributed by atoms with Gasteiger partial charge in [-0.2, -0.15) is 31.6 Å². The smallest absolute Gasteiger partial charge is 0.381 e. The summed E-state index contributed by atoms with van der Waals surface area (Å²) in [6.45, 7) is 2.87. The predicted molar refractivity (Wildman–Crippen MR) is 126 cm³/mol. The van der Waals surface area contributed by atoms with Crippen LogP contribution in [-0.2, 0) is 21.8 Å². The van der Waals surface area contributed by atoms with Gasteiger partial charge in [0.1, 0.15) is 11.4 Å². The Kier molecular flexibility index (Phi) is 10.2. The van der Waals surface area contributed by atoms with Gasteiger partial charge in [0.2, 0.25) is 0 Å². The van der Waals surface area contributed by atoms with Gasteiger partial charge in [-0.15, -0.1) is 0 Å². The normalized spacial score (nSPS) is 17.7. The van der Waals surface area contributed by atoms with Gasteiger partial charge in [-0.3, -0.25) is 9.97 Å². The molecule has 0 aliphatic carbocycles. The monoisotopic (exact) mass is 542 g/mol. The van der Waals surface area contributed by atoms with Crippen molar-refractivity contribution in [3.8, 4) is 6.07 Å². The first kappa shape index (κ1) is 29.5. The number of nitrogens with two attached hydrogens (primary N) is 1. The Morgan fingerprint density at radius 3 is 1.89 bits per heavy atom. The highest BCUT2D eigenvalue weighted by molar-refractivity contribution is 5.79. The van der Waals surface area contributed by atoms with Gasteiger partial charge in [0.15, 0.2) is 0 Å². The number of allylic oxidation sites excluding steroid dienone is 1. The number of pyridine rings is 2. The van der Waals surface area contributed by atoms with Crippen LogP contribution in [0.2, 0.25) is 0 Å². The van der Waals surface area contributed by atoms with Crippen molar-refractivity contribution in [1.82, 2.24) is 9.97 Å². The van der Waals surface area contributed by atoms with E-state index in [1.807, 2.05) is 6.07 Å². The second-order valence-corrected chi connectivity index (χ2v) is 8.90. The Hall–Kier alpha value is -3.01. The highest BCUT2D eigenvalue weighted by Gasteiger charge is 2.33. The molecule has 38 heavy (non-hydrogen) atoms.